The van der Waals surface area contributed by atoms with Crippen LogP contribution in [0, 0.1) is 12.7 Å². The second-order valence-electron chi connectivity index (χ2n) is 4.49. The Morgan fingerprint density at radius 1 is 1.36 bits per heavy atom. The molecule has 3 rings (SSSR count). The molecule has 0 bridgehead atoms. The SMILES string of the molecule is Cc1csc(NC(=O)Cn2nnc(-c3ccc(F)cc3)n2)n1. The van der Waals surface area contributed by atoms with Gasteiger partial charge in [-0.25, -0.2) is 9.37 Å². The molecule has 9 heteroatoms. The molecule has 0 unspecified atom stereocenters. The zero-order valence-electron chi connectivity index (χ0n) is 11.5. The fourth-order valence-corrected chi connectivity index (χ4v) is 2.43. The summed E-state index contributed by atoms with van der Waals surface area (Å²) in [4.78, 5) is 17.2. The first-order chi connectivity index (χ1) is 10.6. The molecular weight excluding hydrogens is 307 g/mol. The van der Waals surface area contributed by atoms with Crippen LogP contribution >= 0.6 is 11.3 Å². The summed E-state index contributed by atoms with van der Waals surface area (Å²) in [6, 6.07) is 5.73. The van der Waals surface area contributed by atoms with Gasteiger partial charge >= 0.3 is 0 Å². The third kappa shape index (κ3) is 3.31. The molecule has 1 aromatic carbocycles. The highest BCUT2D eigenvalue weighted by Crippen LogP contribution is 2.15. The van der Waals surface area contributed by atoms with Crippen molar-refractivity contribution in [3.63, 3.8) is 0 Å². The molecule has 22 heavy (non-hydrogen) atoms. The molecular formula is C13H11FN6OS. The number of amides is 1. The van der Waals surface area contributed by atoms with E-state index < -0.39 is 0 Å². The van der Waals surface area contributed by atoms with Crippen LogP contribution in [0.2, 0.25) is 0 Å². The van der Waals surface area contributed by atoms with Gasteiger partial charge in [-0.3, -0.25) is 4.79 Å². The van der Waals surface area contributed by atoms with Gasteiger partial charge in [0.15, 0.2) is 5.13 Å². The third-order valence-electron chi connectivity index (χ3n) is 2.71. The molecule has 0 saturated carbocycles. The summed E-state index contributed by atoms with van der Waals surface area (Å²) in [5.74, 6) is -0.301. The number of benzene rings is 1. The van der Waals surface area contributed by atoms with Gasteiger partial charge in [0.25, 0.3) is 0 Å². The number of thiazole rings is 1. The number of nitrogens with zero attached hydrogens (tertiary/aromatic N) is 5. The minimum absolute atomic E-state index is 0.0766. The van der Waals surface area contributed by atoms with E-state index in [0.717, 1.165) is 5.69 Å². The van der Waals surface area contributed by atoms with Gasteiger partial charge in [-0.05, 0) is 36.4 Å². The van der Waals surface area contributed by atoms with Crippen molar-refractivity contribution >= 4 is 22.4 Å². The predicted molar refractivity (Wildman–Crippen MR) is 78.7 cm³/mol. The van der Waals surface area contributed by atoms with Crippen LogP contribution in [0.4, 0.5) is 9.52 Å². The van der Waals surface area contributed by atoms with Crippen molar-refractivity contribution in [2.24, 2.45) is 0 Å². The van der Waals surface area contributed by atoms with Gasteiger partial charge in [0.05, 0.1) is 5.69 Å². The molecule has 3 aromatic rings. The van der Waals surface area contributed by atoms with Crippen molar-refractivity contribution in [3.8, 4) is 11.4 Å². The Kier molecular flexibility index (Phi) is 3.88. The molecule has 0 spiro atoms. The van der Waals surface area contributed by atoms with Gasteiger partial charge in [-0.15, -0.1) is 21.5 Å². The molecule has 2 aromatic heterocycles. The van der Waals surface area contributed by atoms with Gasteiger partial charge in [0.2, 0.25) is 11.7 Å². The molecule has 0 aliphatic heterocycles. The number of hydrogen-bond donors (Lipinski definition) is 1. The van der Waals surface area contributed by atoms with E-state index in [4.69, 9.17) is 0 Å². The number of aryl methyl sites for hydroxylation is 1. The van der Waals surface area contributed by atoms with Crippen LogP contribution in [-0.2, 0) is 11.3 Å². The highest BCUT2D eigenvalue weighted by molar-refractivity contribution is 7.13. The molecule has 2 heterocycles. The van der Waals surface area contributed by atoms with E-state index >= 15 is 0 Å². The number of carbonyl (C=O) groups excluding carboxylic acids is 1. The van der Waals surface area contributed by atoms with Crippen LogP contribution < -0.4 is 5.32 Å². The number of carbonyl (C=O) groups is 1. The molecule has 1 N–H and O–H groups in total. The Morgan fingerprint density at radius 3 is 2.82 bits per heavy atom. The van der Waals surface area contributed by atoms with E-state index in [1.807, 2.05) is 12.3 Å². The molecule has 1 amide bonds. The summed E-state index contributed by atoms with van der Waals surface area (Å²) in [6.45, 7) is 1.77. The highest BCUT2D eigenvalue weighted by Gasteiger charge is 2.10. The first-order valence-corrected chi connectivity index (χ1v) is 7.24. The third-order valence-corrected chi connectivity index (χ3v) is 3.58. The minimum Gasteiger partial charge on any atom is -0.300 e. The van der Waals surface area contributed by atoms with Crippen molar-refractivity contribution in [3.05, 3.63) is 41.2 Å². The van der Waals surface area contributed by atoms with E-state index in [0.29, 0.717) is 16.5 Å². The summed E-state index contributed by atoms with van der Waals surface area (Å²) in [5, 5.41) is 16.8. The van der Waals surface area contributed by atoms with Crippen LogP contribution in [0.15, 0.2) is 29.6 Å². The number of anilines is 1. The standard InChI is InChI=1S/C13H11FN6OS/c1-8-7-22-13(15-8)16-11(21)6-20-18-12(17-19-20)9-2-4-10(14)5-3-9/h2-5,7H,6H2,1H3,(H,15,16,21). The quantitative estimate of drug-likeness (QED) is 0.794. The van der Waals surface area contributed by atoms with Gasteiger partial charge < -0.3 is 5.32 Å². The zero-order valence-corrected chi connectivity index (χ0v) is 12.3. The van der Waals surface area contributed by atoms with E-state index in [9.17, 15) is 9.18 Å². The molecule has 0 aliphatic rings. The maximum absolute atomic E-state index is 12.9. The number of hydrogen-bond acceptors (Lipinski definition) is 6. The largest absolute Gasteiger partial charge is 0.300 e. The van der Waals surface area contributed by atoms with Crippen LogP contribution in [0.25, 0.3) is 11.4 Å². The second kappa shape index (κ2) is 5.98. The lowest BCUT2D eigenvalue weighted by molar-refractivity contribution is -0.117. The van der Waals surface area contributed by atoms with Gasteiger partial charge in [-0.2, -0.15) is 4.80 Å². The molecule has 7 nitrogen and oxygen atoms in total. The highest BCUT2D eigenvalue weighted by atomic mass is 32.1. The van der Waals surface area contributed by atoms with E-state index in [1.54, 1.807) is 12.1 Å². The minimum atomic E-state index is -0.339. The van der Waals surface area contributed by atoms with Gasteiger partial charge in [0.1, 0.15) is 12.4 Å². The molecule has 0 atom stereocenters. The van der Waals surface area contributed by atoms with Crippen molar-refractivity contribution in [1.29, 1.82) is 0 Å². The maximum Gasteiger partial charge on any atom is 0.249 e. The van der Waals surface area contributed by atoms with Gasteiger partial charge in [-0.1, -0.05) is 0 Å². The molecule has 0 radical (unpaired) electrons. The average Bonchev–Trinajstić information content (AvgIpc) is 3.09. The second-order valence-corrected chi connectivity index (χ2v) is 5.35. The first kappa shape index (κ1) is 14.3. The topological polar surface area (TPSA) is 85.6 Å². The Hall–Kier alpha value is -2.68. The van der Waals surface area contributed by atoms with Crippen molar-refractivity contribution < 1.29 is 9.18 Å². The smallest absolute Gasteiger partial charge is 0.249 e. The average molecular weight is 318 g/mol. The van der Waals surface area contributed by atoms with Gasteiger partial charge in [0, 0.05) is 10.9 Å². The lowest BCUT2D eigenvalue weighted by Gasteiger charge is -1.99. The van der Waals surface area contributed by atoms with Crippen LogP contribution in [0.5, 0.6) is 0 Å². The first-order valence-electron chi connectivity index (χ1n) is 6.36. The van der Waals surface area contributed by atoms with Crippen molar-refractivity contribution in [1.82, 2.24) is 25.2 Å². The van der Waals surface area contributed by atoms with Crippen molar-refractivity contribution in [2.75, 3.05) is 5.32 Å². The predicted octanol–water partition coefficient (Wildman–Crippen LogP) is 1.88. The monoisotopic (exact) mass is 318 g/mol. The van der Waals surface area contributed by atoms with E-state index in [-0.39, 0.29) is 18.3 Å². The number of halogens is 1. The van der Waals surface area contributed by atoms with Crippen LogP contribution in [-0.4, -0.2) is 31.1 Å². The summed E-state index contributed by atoms with van der Waals surface area (Å²) in [5.41, 5.74) is 1.47. The Balaban J connectivity index is 1.66. The fraction of sp³-hybridized carbons (Fsp3) is 0.154. The summed E-state index contributed by atoms with van der Waals surface area (Å²) in [6.07, 6.45) is 0. The van der Waals surface area contributed by atoms with Crippen LogP contribution in [0.3, 0.4) is 0 Å². The lowest BCUT2D eigenvalue weighted by atomic mass is 10.2. The summed E-state index contributed by atoms with van der Waals surface area (Å²) < 4.78 is 12.9. The maximum atomic E-state index is 12.9. The Bertz CT molecular complexity index is 797. The Morgan fingerprint density at radius 2 is 2.14 bits per heavy atom. The number of rotatable bonds is 4. The fourth-order valence-electron chi connectivity index (χ4n) is 1.72. The number of tetrazole rings is 1. The van der Waals surface area contributed by atoms with E-state index in [2.05, 4.69) is 25.7 Å². The number of nitrogens with one attached hydrogen (secondary N) is 1. The molecule has 0 aliphatic carbocycles. The van der Waals surface area contributed by atoms with Crippen LogP contribution in [0.1, 0.15) is 5.69 Å². The lowest BCUT2D eigenvalue weighted by Crippen LogP contribution is -2.20. The van der Waals surface area contributed by atoms with Crippen molar-refractivity contribution in [2.45, 2.75) is 13.5 Å². The normalized spacial score (nSPS) is 10.6. The number of aromatic nitrogens is 5. The summed E-state index contributed by atoms with van der Waals surface area (Å²) in [7, 11) is 0. The summed E-state index contributed by atoms with van der Waals surface area (Å²) >= 11 is 1.35. The zero-order chi connectivity index (χ0) is 15.5. The van der Waals surface area contributed by atoms with E-state index in [1.165, 1.54) is 28.3 Å². The Labute approximate surface area is 128 Å². The molecule has 0 saturated heterocycles. The molecule has 0 fully saturated rings. The molecule has 112 valence electrons.